The van der Waals surface area contributed by atoms with E-state index in [1.165, 1.54) is 0 Å². The zero-order chi connectivity index (χ0) is 11.9. The number of ether oxygens (including phenoxy) is 2. The molecule has 4 nitrogen and oxygen atoms in total. The van der Waals surface area contributed by atoms with Crippen LogP contribution < -0.4 is 0 Å². The Morgan fingerprint density at radius 1 is 1.12 bits per heavy atom. The molecule has 4 heteroatoms. The molecule has 0 amide bonds. The summed E-state index contributed by atoms with van der Waals surface area (Å²) >= 11 is 0. The molecule has 0 aromatic carbocycles. The minimum atomic E-state index is -0.702. The van der Waals surface area contributed by atoms with Crippen LogP contribution in [0.5, 0.6) is 0 Å². The van der Waals surface area contributed by atoms with Gasteiger partial charge in [0.1, 0.15) is 5.82 Å². The maximum Gasteiger partial charge on any atom is 0.194 e. The zero-order valence-corrected chi connectivity index (χ0v) is 9.93. The van der Waals surface area contributed by atoms with E-state index in [4.69, 9.17) is 9.47 Å². The van der Waals surface area contributed by atoms with Gasteiger partial charge in [-0.15, -0.1) is 0 Å². The van der Waals surface area contributed by atoms with E-state index in [1.54, 1.807) is 0 Å². The molecular weight excluding hydrogens is 216 g/mol. The van der Waals surface area contributed by atoms with Crippen molar-refractivity contribution in [2.75, 3.05) is 13.2 Å². The van der Waals surface area contributed by atoms with Gasteiger partial charge in [-0.2, -0.15) is 0 Å². The predicted molar refractivity (Wildman–Crippen MR) is 62.6 cm³/mol. The summed E-state index contributed by atoms with van der Waals surface area (Å²) in [6.07, 6.45) is 0. The monoisotopic (exact) mass is 230 g/mol. The number of imidazole rings is 1. The van der Waals surface area contributed by atoms with Crippen molar-refractivity contribution in [3.8, 4) is 11.4 Å². The molecule has 0 atom stereocenters. The van der Waals surface area contributed by atoms with Gasteiger partial charge in [-0.05, 0) is 19.9 Å². The summed E-state index contributed by atoms with van der Waals surface area (Å²) in [6.45, 7) is 5.05. The van der Waals surface area contributed by atoms with Crippen molar-refractivity contribution in [2.24, 2.45) is 0 Å². The van der Waals surface area contributed by atoms with E-state index in [1.807, 2.05) is 38.1 Å². The lowest BCUT2D eigenvalue weighted by Gasteiger charge is -2.22. The van der Waals surface area contributed by atoms with Crippen LogP contribution in [0.1, 0.15) is 18.3 Å². The van der Waals surface area contributed by atoms with Crippen LogP contribution in [0.2, 0.25) is 0 Å². The number of hydrogen-bond donors (Lipinski definition) is 0. The summed E-state index contributed by atoms with van der Waals surface area (Å²) < 4.78 is 11.4. The summed E-state index contributed by atoms with van der Waals surface area (Å²) in [4.78, 5) is 8.87. The molecule has 2 heterocycles. The van der Waals surface area contributed by atoms with Gasteiger partial charge in [0.2, 0.25) is 0 Å². The molecule has 0 unspecified atom stereocenters. The highest BCUT2D eigenvalue weighted by molar-refractivity contribution is 5.61. The number of nitrogens with zero attached hydrogens (tertiary/aromatic N) is 2. The van der Waals surface area contributed by atoms with Crippen LogP contribution in [-0.2, 0) is 15.3 Å². The van der Waals surface area contributed by atoms with Crippen LogP contribution >= 0.6 is 0 Å². The molecule has 1 aliphatic carbocycles. The molecule has 0 N–H and O–H groups in total. The van der Waals surface area contributed by atoms with Crippen molar-refractivity contribution >= 4 is 0 Å². The molecule has 3 aliphatic rings. The van der Waals surface area contributed by atoms with Crippen LogP contribution in [0.25, 0.3) is 11.4 Å². The fourth-order valence-electron chi connectivity index (χ4n) is 2.20. The number of aromatic nitrogens is 2. The Morgan fingerprint density at radius 2 is 1.82 bits per heavy atom. The summed E-state index contributed by atoms with van der Waals surface area (Å²) in [7, 11) is 0. The second kappa shape index (κ2) is 3.75. The predicted octanol–water partition coefficient (Wildman–Crippen LogP) is 2.11. The highest BCUT2D eigenvalue weighted by atomic mass is 16.7. The molecule has 3 rings (SSSR count). The summed E-state index contributed by atoms with van der Waals surface area (Å²) in [5.41, 5.74) is 2.68. The minimum absolute atomic E-state index is 0.615. The van der Waals surface area contributed by atoms with E-state index < -0.39 is 5.79 Å². The third kappa shape index (κ3) is 1.69. The Morgan fingerprint density at radius 3 is 2.59 bits per heavy atom. The van der Waals surface area contributed by atoms with E-state index in [9.17, 15) is 0 Å². The van der Waals surface area contributed by atoms with Gasteiger partial charge in [0, 0.05) is 5.56 Å². The van der Waals surface area contributed by atoms with Crippen LogP contribution in [0, 0.1) is 6.92 Å². The molecule has 0 saturated carbocycles. The quantitative estimate of drug-likeness (QED) is 0.752. The van der Waals surface area contributed by atoms with Gasteiger partial charge in [0.15, 0.2) is 5.79 Å². The summed E-state index contributed by atoms with van der Waals surface area (Å²) in [5, 5.41) is 0. The number of fused-ring (bicyclic) bond motifs is 1. The first-order valence-corrected chi connectivity index (χ1v) is 5.71. The molecule has 0 aromatic heterocycles. The van der Waals surface area contributed by atoms with E-state index in [0.29, 0.717) is 13.2 Å². The van der Waals surface area contributed by atoms with Gasteiger partial charge in [0.25, 0.3) is 0 Å². The van der Waals surface area contributed by atoms with Crippen molar-refractivity contribution in [1.29, 1.82) is 0 Å². The summed E-state index contributed by atoms with van der Waals surface area (Å²) in [5.74, 6) is 0.0706. The average Bonchev–Trinajstić information content (AvgIpc) is 2.82. The smallest absolute Gasteiger partial charge is 0.194 e. The second-order valence-corrected chi connectivity index (χ2v) is 4.28. The molecule has 1 fully saturated rings. The van der Waals surface area contributed by atoms with E-state index in [-0.39, 0.29) is 0 Å². The molecule has 2 aliphatic heterocycles. The van der Waals surface area contributed by atoms with Gasteiger partial charge in [-0.1, -0.05) is 18.2 Å². The lowest BCUT2D eigenvalue weighted by Crippen LogP contribution is -2.23. The molecular formula is C13H14N2O2. The fourth-order valence-corrected chi connectivity index (χ4v) is 2.20. The standard InChI is InChI=1S/C13H14N2O2/c1-9-14-11-6-4-3-5-10(12(11)15-9)13(2)16-7-8-17-13/h3-6H,7-8H2,1-2H3. The van der Waals surface area contributed by atoms with Gasteiger partial charge in [0.05, 0.1) is 24.6 Å². The average molecular weight is 230 g/mol. The molecule has 0 aromatic rings. The SMILES string of the molecule is Cc1nc2ccccc(C3(C)OCCO3)c-2n1. The van der Waals surface area contributed by atoms with E-state index >= 15 is 0 Å². The zero-order valence-electron chi connectivity index (χ0n) is 9.93. The number of hydrogen-bond acceptors (Lipinski definition) is 4. The van der Waals surface area contributed by atoms with Crippen molar-refractivity contribution in [2.45, 2.75) is 19.6 Å². The van der Waals surface area contributed by atoms with Crippen LogP contribution in [-0.4, -0.2) is 23.2 Å². The maximum absolute atomic E-state index is 5.70. The van der Waals surface area contributed by atoms with Crippen molar-refractivity contribution in [1.82, 2.24) is 9.97 Å². The van der Waals surface area contributed by atoms with Crippen LogP contribution in [0.4, 0.5) is 0 Å². The van der Waals surface area contributed by atoms with Gasteiger partial charge >= 0.3 is 0 Å². The summed E-state index contributed by atoms with van der Waals surface area (Å²) in [6, 6.07) is 7.86. The first-order chi connectivity index (χ1) is 8.19. The molecule has 0 radical (unpaired) electrons. The molecule has 1 saturated heterocycles. The van der Waals surface area contributed by atoms with Crippen molar-refractivity contribution in [3.05, 3.63) is 35.7 Å². The van der Waals surface area contributed by atoms with E-state index in [0.717, 1.165) is 22.8 Å². The topological polar surface area (TPSA) is 44.2 Å². The van der Waals surface area contributed by atoms with Gasteiger partial charge < -0.3 is 9.47 Å². The number of aryl methyl sites for hydroxylation is 1. The highest BCUT2D eigenvalue weighted by Gasteiger charge is 2.36. The third-order valence-electron chi connectivity index (χ3n) is 3.01. The van der Waals surface area contributed by atoms with Crippen LogP contribution in [0.15, 0.2) is 24.3 Å². The van der Waals surface area contributed by atoms with Gasteiger partial charge in [-0.3, -0.25) is 0 Å². The first-order valence-electron chi connectivity index (χ1n) is 5.71. The maximum atomic E-state index is 5.70. The Bertz CT molecular complexity index is 521. The fraction of sp³-hybridized carbons (Fsp3) is 0.385. The Hall–Kier alpha value is -1.52. The lowest BCUT2D eigenvalue weighted by molar-refractivity contribution is -0.149. The van der Waals surface area contributed by atoms with Crippen molar-refractivity contribution < 1.29 is 9.47 Å². The van der Waals surface area contributed by atoms with E-state index in [2.05, 4.69) is 9.97 Å². The van der Waals surface area contributed by atoms with Crippen LogP contribution in [0.3, 0.4) is 0 Å². The Labute approximate surface area is 100.0 Å². The molecule has 0 bridgehead atoms. The Balaban J connectivity index is 2.21. The van der Waals surface area contributed by atoms with Gasteiger partial charge in [-0.25, -0.2) is 9.97 Å². The molecule has 17 heavy (non-hydrogen) atoms. The number of rotatable bonds is 1. The second-order valence-electron chi connectivity index (χ2n) is 4.28. The molecule has 0 spiro atoms. The molecule has 88 valence electrons. The lowest BCUT2D eigenvalue weighted by atomic mass is 10.1. The first kappa shape index (κ1) is 10.6. The Kier molecular flexibility index (Phi) is 2.34. The minimum Gasteiger partial charge on any atom is -0.344 e. The largest absolute Gasteiger partial charge is 0.344 e. The third-order valence-corrected chi connectivity index (χ3v) is 3.01. The normalized spacial score (nSPS) is 18.7. The highest BCUT2D eigenvalue weighted by Crippen LogP contribution is 2.36. The van der Waals surface area contributed by atoms with Crippen molar-refractivity contribution in [3.63, 3.8) is 0 Å².